The fourth-order valence-electron chi connectivity index (χ4n) is 5.58. The summed E-state index contributed by atoms with van der Waals surface area (Å²) >= 11 is 0. The first kappa shape index (κ1) is 27.2. The third-order valence-electron chi connectivity index (χ3n) is 7.57. The highest BCUT2D eigenvalue weighted by molar-refractivity contribution is 6.10. The van der Waals surface area contributed by atoms with Gasteiger partial charge in [-0.3, -0.25) is 4.79 Å². The van der Waals surface area contributed by atoms with E-state index >= 15 is 0 Å². The van der Waals surface area contributed by atoms with Gasteiger partial charge < -0.3 is 24.3 Å². The largest absolute Gasteiger partial charge is 0.416 e. The van der Waals surface area contributed by atoms with Crippen molar-refractivity contribution < 1.29 is 31.8 Å². The van der Waals surface area contributed by atoms with Crippen molar-refractivity contribution >= 4 is 11.6 Å². The second-order valence-corrected chi connectivity index (χ2v) is 9.92. The Bertz CT molecular complexity index is 1350. The van der Waals surface area contributed by atoms with Crippen molar-refractivity contribution in [2.45, 2.75) is 43.6 Å². The number of aryl methyl sites for hydroxylation is 1. The van der Waals surface area contributed by atoms with Crippen LogP contribution in [-0.2, 0) is 41.2 Å². The first-order valence-electron chi connectivity index (χ1n) is 12.5. The standard InChI is InChI=1S/C27H29F4N5O3/c1-35-16-33-34-25(35)26(11-20(12-26)38-2)18-4-3-5-19(10-18)36-14-22-21(24(36)37)8-17(9-23(22)27(29,30)31)13-32-6-7-39-15-28/h3-5,8-10,16,20,32H,6-7,11-15H2,1-2H3. The average Bonchev–Trinajstić information content (AvgIpc) is 3.46. The van der Waals surface area contributed by atoms with E-state index in [0.29, 0.717) is 24.1 Å². The second kappa shape index (κ2) is 10.7. The molecule has 2 aromatic carbocycles. The van der Waals surface area contributed by atoms with E-state index in [1.54, 1.807) is 25.6 Å². The zero-order valence-corrected chi connectivity index (χ0v) is 21.6. The summed E-state index contributed by atoms with van der Waals surface area (Å²) in [5.74, 6) is 0.267. The zero-order chi connectivity index (χ0) is 27.8. The number of hydrogen-bond acceptors (Lipinski definition) is 6. The maximum atomic E-state index is 14.1. The Morgan fingerprint density at radius 2 is 2.00 bits per heavy atom. The van der Waals surface area contributed by atoms with Crippen molar-refractivity contribution in [3.8, 4) is 0 Å². The molecule has 0 radical (unpaired) electrons. The van der Waals surface area contributed by atoms with E-state index in [1.165, 1.54) is 11.0 Å². The molecular formula is C27H29F4N5O3. The zero-order valence-electron chi connectivity index (χ0n) is 21.6. The molecule has 0 unspecified atom stereocenters. The van der Waals surface area contributed by atoms with Gasteiger partial charge in [-0.25, -0.2) is 4.39 Å². The van der Waals surface area contributed by atoms with Crippen LogP contribution < -0.4 is 10.2 Å². The van der Waals surface area contributed by atoms with Gasteiger partial charge in [-0.15, -0.1) is 10.2 Å². The molecule has 0 saturated heterocycles. The number of nitrogens with one attached hydrogen (secondary N) is 1. The topological polar surface area (TPSA) is 81.5 Å². The monoisotopic (exact) mass is 547 g/mol. The van der Waals surface area contributed by atoms with Crippen LogP contribution in [0.25, 0.3) is 0 Å². The van der Waals surface area contributed by atoms with Crippen molar-refractivity contribution in [2.24, 2.45) is 7.05 Å². The Labute approximate surface area is 222 Å². The number of amides is 1. The molecule has 1 aliphatic heterocycles. The average molecular weight is 548 g/mol. The Balaban J connectivity index is 1.46. The highest BCUT2D eigenvalue weighted by Crippen LogP contribution is 2.50. The van der Waals surface area contributed by atoms with E-state index in [9.17, 15) is 22.4 Å². The smallest absolute Gasteiger partial charge is 0.381 e. The number of anilines is 1. The molecule has 1 aromatic heterocycles. The maximum Gasteiger partial charge on any atom is 0.416 e. The van der Waals surface area contributed by atoms with Crippen LogP contribution in [0.2, 0.25) is 0 Å². The van der Waals surface area contributed by atoms with Gasteiger partial charge in [0, 0.05) is 38.5 Å². The third-order valence-corrected chi connectivity index (χ3v) is 7.57. The van der Waals surface area contributed by atoms with Crippen molar-refractivity contribution in [3.05, 3.63) is 76.4 Å². The lowest BCUT2D eigenvalue weighted by molar-refractivity contribution is -0.138. The summed E-state index contributed by atoms with van der Waals surface area (Å²) in [5, 5.41) is 11.3. The molecule has 0 spiro atoms. The molecule has 1 saturated carbocycles. The van der Waals surface area contributed by atoms with Crippen LogP contribution in [0, 0.1) is 0 Å². The van der Waals surface area contributed by atoms with E-state index < -0.39 is 29.9 Å². The Morgan fingerprint density at radius 3 is 2.67 bits per heavy atom. The van der Waals surface area contributed by atoms with Crippen LogP contribution in [0.5, 0.6) is 0 Å². The molecule has 8 nitrogen and oxygen atoms in total. The number of aromatic nitrogens is 3. The minimum absolute atomic E-state index is 0.0261. The molecule has 12 heteroatoms. The fourth-order valence-corrected chi connectivity index (χ4v) is 5.58. The maximum absolute atomic E-state index is 14.1. The number of methoxy groups -OCH3 is 1. The predicted octanol–water partition coefficient (Wildman–Crippen LogP) is 4.12. The number of halogens is 4. The van der Waals surface area contributed by atoms with Crippen molar-refractivity contribution in [1.82, 2.24) is 20.1 Å². The lowest BCUT2D eigenvalue weighted by Gasteiger charge is -2.46. The molecule has 1 amide bonds. The molecule has 3 aromatic rings. The van der Waals surface area contributed by atoms with E-state index in [4.69, 9.17) is 4.74 Å². The first-order valence-corrected chi connectivity index (χ1v) is 12.5. The van der Waals surface area contributed by atoms with Gasteiger partial charge in [0.1, 0.15) is 12.2 Å². The Kier molecular flexibility index (Phi) is 7.45. The molecule has 1 N–H and O–H groups in total. The molecule has 2 heterocycles. The van der Waals surface area contributed by atoms with Crippen LogP contribution in [0.4, 0.5) is 23.2 Å². The number of fused-ring (bicyclic) bond motifs is 1. The number of carbonyl (C=O) groups is 1. The van der Waals surface area contributed by atoms with Crippen LogP contribution >= 0.6 is 0 Å². The molecule has 0 bridgehead atoms. The number of rotatable bonds is 10. The predicted molar refractivity (Wildman–Crippen MR) is 134 cm³/mol. The van der Waals surface area contributed by atoms with Crippen molar-refractivity contribution in [2.75, 3.05) is 32.0 Å². The van der Waals surface area contributed by atoms with Crippen molar-refractivity contribution in [3.63, 3.8) is 0 Å². The van der Waals surface area contributed by atoms with Gasteiger partial charge in [0.2, 0.25) is 0 Å². The normalized spacial score (nSPS) is 20.8. The number of hydrogen-bond donors (Lipinski definition) is 1. The summed E-state index contributed by atoms with van der Waals surface area (Å²) < 4.78 is 66.3. The highest BCUT2D eigenvalue weighted by Gasteiger charge is 2.50. The SMILES string of the molecule is COC1CC(c2cccc(N3Cc4c(cc(CNCCOCF)cc4C(F)(F)F)C3=O)c2)(c2nncn2C)C1. The van der Waals surface area contributed by atoms with Gasteiger partial charge in [0.05, 0.1) is 30.2 Å². The number of alkyl halides is 4. The lowest BCUT2D eigenvalue weighted by atomic mass is 9.62. The van der Waals surface area contributed by atoms with Gasteiger partial charge >= 0.3 is 6.18 Å². The summed E-state index contributed by atoms with van der Waals surface area (Å²) in [7, 11) is 3.52. The van der Waals surface area contributed by atoms with Gasteiger partial charge in [-0.1, -0.05) is 12.1 Å². The molecule has 0 atom stereocenters. The number of benzene rings is 2. The molecule has 1 fully saturated rings. The summed E-state index contributed by atoms with van der Waals surface area (Å²) in [6, 6.07) is 9.89. The quantitative estimate of drug-likeness (QED) is 0.304. The molecule has 5 rings (SSSR count). The van der Waals surface area contributed by atoms with E-state index in [-0.39, 0.29) is 43.5 Å². The second-order valence-electron chi connectivity index (χ2n) is 9.92. The van der Waals surface area contributed by atoms with Gasteiger partial charge in [-0.05, 0) is 53.8 Å². The number of carbonyl (C=O) groups excluding carboxylic acids is 1. The van der Waals surface area contributed by atoms with E-state index in [0.717, 1.165) is 17.5 Å². The summed E-state index contributed by atoms with van der Waals surface area (Å²) in [4.78, 5) is 14.9. The molecule has 39 heavy (non-hydrogen) atoms. The molecular weight excluding hydrogens is 518 g/mol. The lowest BCUT2D eigenvalue weighted by Crippen LogP contribution is -2.48. The first-order chi connectivity index (χ1) is 18.7. The van der Waals surface area contributed by atoms with Gasteiger partial charge in [-0.2, -0.15) is 13.2 Å². The fraction of sp³-hybridized carbons (Fsp3) is 0.444. The molecule has 208 valence electrons. The van der Waals surface area contributed by atoms with E-state index in [2.05, 4.69) is 20.3 Å². The molecule has 1 aliphatic carbocycles. The number of nitrogens with zero attached hydrogens (tertiary/aromatic N) is 4. The third kappa shape index (κ3) is 5.04. The minimum atomic E-state index is -4.63. The van der Waals surface area contributed by atoms with Gasteiger partial charge in [0.25, 0.3) is 5.91 Å². The summed E-state index contributed by atoms with van der Waals surface area (Å²) in [6.07, 6.45) is -1.64. The summed E-state index contributed by atoms with van der Waals surface area (Å²) in [5.41, 5.74) is 0.371. The van der Waals surface area contributed by atoms with E-state index in [1.807, 2.05) is 23.7 Å². The number of ether oxygens (including phenoxy) is 2. The minimum Gasteiger partial charge on any atom is -0.381 e. The van der Waals surface area contributed by atoms with Crippen LogP contribution in [0.15, 0.2) is 42.7 Å². The van der Waals surface area contributed by atoms with Crippen LogP contribution in [-0.4, -0.2) is 53.9 Å². The van der Waals surface area contributed by atoms with Crippen LogP contribution in [0.3, 0.4) is 0 Å². The molecule has 2 aliphatic rings. The van der Waals surface area contributed by atoms with Crippen molar-refractivity contribution in [1.29, 1.82) is 0 Å². The van der Waals surface area contributed by atoms with Gasteiger partial charge in [0.15, 0.2) is 6.86 Å². The highest BCUT2D eigenvalue weighted by atomic mass is 19.4. The Morgan fingerprint density at radius 1 is 1.21 bits per heavy atom. The Hall–Kier alpha value is -3.35. The summed E-state index contributed by atoms with van der Waals surface area (Å²) in [6.45, 7) is -0.710. The van der Waals surface area contributed by atoms with Crippen LogP contribution in [0.1, 0.15) is 51.3 Å².